The van der Waals surface area contributed by atoms with Crippen molar-refractivity contribution in [3.05, 3.63) is 23.3 Å². The summed E-state index contributed by atoms with van der Waals surface area (Å²) in [5, 5.41) is 0. The minimum Gasteiger partial charge on any atom is -0.241 e. The zero-order valence-electron chi connectivity index (χ0n) is 17.7. The molecule has 2 rings (SSSR count). The monoisotopic (exact) mass is 358 g/mol. The molecule has 148 valence electrons. The molecule has 0 radical (unpaired) electrons. The van der Waals surface area contributed by atoms with Gasteiger partial charge in [-0.15, -0.1) is 0 Å². The Labute approximate surface area is 162 Å². The standard InChI is InChI=1S/C24H42N2/c1-4-6-7-8-9-10-11-12-14-23-19-25-24(26-20(23)3)22-17-15-21(13-5-2)16-18-22/h19,21-22H,4-18H2,1-3H3. The molecule has 1 saturated carbocycles. The number of aryl methyl sites for hydroxylation is 2. The molecule has 0 amide bonds. The largest absolute Gasteiger partial charge is 0.241 e. The summed E-state index contributed by atoms with van der Waals surface area (Å²) in [5.74, 6) is 2.69. The third-order valence-electron chi connectivity index (χ3n) is 6.31. The first-order valence-electron chi connectivity index (χ1n) is 11.6. The van der Waals surface area contributed by atoms with E-state index in [1.807, 2.05) is 0 Å². The number of rotatable bonds is 12. The Morgan fingerprint density at radius 1 is 0.846 bits per heavy atom. The Morgan fingerprint density at radius 2 is 1.50 bits per heavy atom. The molecule has 2 heteroatoms. The van der Waals surface area contributed by atoms with E-state index in [9.17, 15) is 0 Å². The van der Waals surface area contributed by atoms with Gasteiger partial charge < -0.3 is 0 Å². The molecule has 0 atom stereocenters. The quantitative estimate of drug-likeness (QED) is 0.361. The van der Waals surface area contributed by atoms with Crippen LogP contribution in [0.25, 0.3) is 0 Å². The van der Waals surface area contributed by atoms with Gasteiger partial charge in [0.1, 0.15) is 5.82 Å². The van der Waals surface area contributed by atoms with Crippen LogP contribution in [0, 0.1) is 12.8 Å². The number of hydrogen-bond donors (Lipinski definition) is 0. The summed E-state index contributed by atoms with van der Waals surface area (Å²) in [6.45, 7) is 6.78. The normalized spacial score (nSPS) is 20.4. The highest BCUT2D eigenvalue weighted by Crippen LogP contribution is 2.36. The molecule has 1 heterocycles. The summed E-state index contributed by atoms with van der Waals surface area (Å²) in [7, 11) is 0. The van der Waals surface area contributed by atoms with E-state index in [1.165, 1.54) is 101 Å². The highest BCUT2D eigenvalue weighted by Gasteiger charge is 2.24. The zero-order chi connectivity index (χ0) is 18.6. The van der Waals surface area contributed by atoms with Crippen molar-refractivity contribution >= 4 is 0 Å². The maximum atomic E-state index is 4.91. The fourth-order valence-corrected chi connectivity index (χ4v) is 4.52. The molecule has 26 heavy (non-hydrogen) atoms. The predicted octanol–water partition coefficient (Wildman–Crippen LogP) is 7.54. The second-order valence-corrected chi connectivity index (χ2v) is 8.57. The average molecular weight is 359 g/mol. The second-order valence-electron chi connectivity index (χ2n) is 8.57. The molecule has 0 unspecified atom stereocenters. The van der Waals surface area contributed by atoms with Crippen LogP contribution < -0.4 is 0 Å². The van der Waals surface area contributed by atoms with Crippen LogP contribution in [0.5, 0.6) is 0 Å². The molecule has 0 spiro atoms. The summed E-state index contributed by atoms with van der Waals surface area (Å²) in [5.41, 5.74) is 2.60. The van der Waals surface area contributed by atoms with Crippen molar-refractivity contribution in [2.45, 2.75) is 123 Å². The molecule has 0 aromatic carbocycles. The van der Waals surface area contributed by atoms with Crippen molar-refractivity contribution in [3.8, 4) is 0 Å². The second kappa shape index (κ2) is 12.5. The van der Waals surface area contributed by atoms with E-state index in [1.54, 1.807) is 0 Å². The summed E-state index contributed by atoms with van der Waals surface area (Å²) in [4.78, 5) is 9.68. The summed E-state index contributed by atoms with van der Waals surface area (Å²) < 4.78 is 0. The smallest absolute Gasteiger partial charge is 0.131 e. The van der Waals surface area contributed by atoms with Crippen LogP contribution in [0.4, 0.5) is 0 Å². The molecule has 1 fully saturated rings. The average Bonchev–Trinajstić information content (AvgIpc) is 2.66. The van der Waals surface area contributed by atoms with Crippen molar-refractivity contribution in [1.29, 1.82) is 0 Å². The minimum absolute atomic E-state index is 0.610. The Hall–Kier alpha value is -0.920. The SMILES string of the molecule is CCCCCCCCCCc1cnc(C2CCC(CCC)CC2)nc1C. The molecule has 1 aliphatic rings. The molecule has 1 aromatic heterocycles. The Morgan fingerprint density at radius 3 is 2.12 bits per heavy atom. The van der Waals surface area contributed by atoms with Gasteiger partial charge in [0, 0.05) is 17.8 Å². The van der Waals surface area contributed by atoms with Crippen molar-refractivity contribution in [2.75, 3.05) is 0 Å². The van der Waals surface area contributed by atoms with Gasteiger partial charge in [0.25, 0.3) is 0 Å². The summed E-state index contributed by atoms with van der Waals surface area (Å²) in [6, 6.07) is 0. The van der Waals surface area contributed by atoms with E-state index in [2.05, 4.69) is 27.0 Å². The van der Waals surface area contributed by atoms with E-state index < -0.39 is 0 Å². The lowest BCUT2D eigenvalue weighted by atomic mass is 9.79. The fourth-order valence-electron chi connectivity index (χ4n) is 4.52. The first kappa shape index (κ1) is 21.4. The van der Waals surface area contributed by atoms with Gasteiger partial charge in [0.15, 0.2) is 0 Å². The number of hydrogen-bond acceptors (Lipinski definition) is 2. The van der Waals surface area contributed by atoms with Crippen LogP contribution in [0.1, 0.15) is 127 Å². The van der Waals surface area contributed by atoms with Crippen molar-refractivity contribution in [1.82, 2.24) is 9.97 Å². The first-order valence-corrected chi connectivity index (χ1v) is 11.6. The van der Waals surface area contributed by atoms with Gasteiger partial charge in [-0.05, 0) is 56.9 Å². The summed E-state index contributed by atoms with van der Waals surface area (Å²) in [6.07, 6.45) is 22.4. The zero-order valence-corrected chi connectivity index (χ0v) is 17.7. The lowest BCUT2D eigenvalue weighted by Gasteiger charge is -2.27. The molecule has 0 saturated heterocycles. The van der Waals surface area contributed by atoms with E-state index in [4.69, 9.17) is 9.97 Å². The minimum atomic E-state index is 0.610. The molecular weight excluding hydrogens is 316 g/mol. The lowest BCUT2D eigenvalue weighted by molar-refractivity contribution is 0.302. The van der Waals surface area contributed by atoms with E-state index in [0.29, 0.717) is 5.92 Å². The van der Waals surface area contributed by atoms with Gasteiger partial charge in [-0.2, -0.15) is 0 Å². The fraction of sp³-hybridized carbons (Fsp3) is 0.833. The van der Waals surface area contributed by atoms with E-state index in [0.717, 1.165) is 18.2 Å². The Bertz CT molecular complexity index is 489. The maximum Gasteiger partial charge on any atom is 0.131 e. The van der Waals surface area contributed by atoms with Crippen LogP contribution in [0.2, 0.25) is 0 Å². The topological polar surface area (TPSA) is 25.8 Å². The highest BCUT2D eigenvalue weighted by molar-refractivity contribution is 5.17. The van der Waals surface area contributed by atoms with Crippen LogP contribution in [-0.2, 0) is 6.42 Å². The number of nitrogens with zero attached hydrogens (tertiary/aromatic N) is 2. The number of unbranched alkanes of at least 4 members (excludes halogenated alkanes) is 7. The van der Waals surface area contributed by atoms with Crippen LogP contribution in [-0.4, -0.2) is 9.97 Å². The number of aromatic nitrogens is 2. The third-order valence-corrected chi connectivity index (χ3v) is 6.31. The molecule has 2 nitrogen and oxygen atoms in total. The Balaban J connectivity index is 1.69. The van der Waals surface area contributed by atoms with Gasteiger partial charge in [-0.1, -0.05) is 71.6 Å². The molecule has 1 aromatic rings. The maximum absolute atomic E-state index is 4.91. The van der Waals surface area contributed by atoms with Gasteiger partial charge >= 0.3 is 0 Å². The predicted molar refractivity (Wildman–Crippen MR) is 113 cm³/mol. The molecule has 1 aliphatic carbocycles. The molecule has 0 aliphatic heterocycles. The van der Waals surface area contributed by atoms with Crippen LogP contribution in [0.15, 0.2) is 6.20 Å². The van der Waals surface area contributed by atoms with Crippen molar-refractivity contribution in [3.63, 3.8) is 0 Å². The Kier molecular flexibility index (Phi) is 10.2. The van der Waals surface area contributed by atoms with Gasteiger partial charge in [0.2, 0.25) is 0 Å². The lowest BCUT2D eigenvalue weighted by Crippen LogP contribution is -2.16. The molecule has 0 N–H and O–H groups in total. The van der Waals surface area contributed by atoms with Gasteiger partial charge in [-0.25, -0.2) is 9.97 Å². The van der Waals surface area contributed by atoms with Crippen molar-refractivity contribution in [2.24, 2.45) is 5.92 Å². The van der Waals surface area contributed by atoms with Crippen molar-refractivity contribution < 1.29 is 0 Å². The van der Waals surface area contributed by atoms with E-state index in [-0.39, 0.29) is 0 Å². The van der Waals surface area contributed by atoms with E-state index >= 15 is 0 Å². The van der Waals surface area contributed by atoms with Crippen LogP contribution in [0.3, 0.4) is 0 Å². The molecule has 0 bridgehead atoms. The summed E-state index contributed by atoms with van der Waals surface area (Å²) >= 11 is 0. The third kappa shape index (κ3) is 7.37. The first-order chi connectivity index (χ1) is 12.7. The van der Waals surface area contributed by atoms with Crippen LogP contribution >= 0.6 is 0 Å². The van der Waals surface area contributed by atoms with Gasteiger partial charge in [0.05, 0.1) is 0 Å². The van der Waals surface area contributed by atoms with Gasteiger partial charge in [-0.3, -0.25) is 0 Å². The molecular formula is C24H42N2. The highest BCUT2D eigenvalue weighted by atomic mass is 14.9.